The Bertz CT molecular complexity index is 1440. The summed E-state index contributed by atoms with van der Waals surface area (Å²) in [4.78, 5) is 29.8. The molecule has 0 aliphatic heterocycles. The number of hydrogen-bond donors (Lipinski definition) is 2. The van der Waals surface area contributed by atoms with Crippen LogP contribution in [0.4, 0.5) is 0 Å². The first-order chi connectivity index (χ1) is 15.9. The van der Waals surface area contributed by atoms with Crippen molar-refractivity contribution in [3.05, 3.63) is 76.2 Å². The van der Waals surface area contributed by atoms with Crippen molar-refractivity contribution in [2.75, 3.05) is 0 Å². The predicted octanol–water partition coefficient (Wildman–Crippen LogP) is 4.15. The van der Waals surface area contributed by atoms with Crippen LogP contribution in [0, 0.1) is 5.41 Å². The summed E-state index contributed by atoms with van der Waals surface area (Å²) in [7, 11) is 0. The number of aromatic amines is 1. The number of fused-ring (bicyclic) bond motifs is 2. The van der Waals surface area contributed by atoms with Crippen LogP contribution in [-0.2, 0) is 0 Å². The lowest BCUT2D eigenvalue weighted by Gasteiger charge is -2.57. The molecule has 3 aromatic heterocycles. The Hall–Kier alpha value is -3.48. The van der Waals surface area contributed by atoms with Gasteiger partial charge in [-0.05, 0) is 49.3 Å². The van der Waals surface area contributed by atoms with Crippen molar-refractivity contribution < 1.29 is 4.79 Å². The van der Waals surface area contributed by atoms with Crippen LogP contribution in [-0.4, -0.2) is 31.5 Å². The van der Waals surface area contributed by atoms with Crippen molar-refractivity contribution in [3.63, 3.8) is 0 Å². The zero-order chi connectivity index (χ0) is 22.7. The quantitative estimate of drug-likeness (QED) is 0.498. The molecule has 2 fully saturated rings. The molecule has 4 aromatic rings. The van der Waals surface area contributed by atoms with Gasteiger partial charge in [0.2, 0.25) is 0 Å². The maximum atomic E-state index is 13.0. The second-order valence-corrected chi connectivity index (χ2v) is 10.1. The van der Waals surface area contributed by atoms with Crippen molar-refractivity contribution >= 4 is 22.2 Å². The first-order valence-corrected chi connectivity index (χ1v) is 11.7. The molecule has 7 heteroatoms. The molecule has 0 bridgehead atoms. The SMILES string of the molecule is CC(C)c1nc(C(=O)N[C@H]2CC3(C2)C[C@H](c2n[nH]c(=O)c4ccccc42)C3)c2ccccn12. The molecule has 2 saturated carbocycles. The third-order valence-electron chi connectivity index (χ3n) is 7.47. The zero-order valence-electron chi connectivity index (χ0n) is 18.8. The van der Waals surface area contributed by atoms with E-state index in [0.717, 1.165) is 48.1 Å². The number of rotatable bonds is 4. The fourth-order valence-corrected chi connectivity index (χ4v) is 5.94. The minimum atomic E-state index is -0.137. The monoisotopic (exact) mass is 441 g/mol. The summed E-state index contributed by atoms with van der Waals surface area (Å²) < 4.78 is 2.01. The third kappa shape index (κ3) is 3.17. The molecule has 0 atom stereocenters. The molecule has 3 heterocycles. The topological polar surface area (TPSA) is 92.2 Å². The van der Waals surface area contributed by atoms with Gasteiger partial charge in [-0.2, -0.15) is 5.10 Å². The van der Waals surface area contributed by atoms with Gasteiger partial charge in [-0.1, -0.05) is 38.1 Å². The number of hydrogen-bond acceptors (Lipinski definition) is 4. The molecule has 2 N–H and O–H groups in total. The van der Waals surface area contributed by atoms with Gasteiger partial charge in [-0.3, -0.25) is 9.59 Å². The standard InChI is InChI=1S/C26H27N5O2/c1-15(2)23-28-22(20-9-5-6-10-31(20)23)25(33)27-17-13-26(14-17)11-16(12-26)21-18-7-3-4-8-19(18)24(32)30-29-21/h3-10,15-17H,11-14H2,1-2H3,(H,27,33)(H,30,32)/t16-,17-,26?. The lowest BCUT2D eigenvalue weighted by molar-refractivity contribution is -0.0196. The van der Waals surface area contributed by atoms with Crippen molar-refractivity contribution in [1.82, 2.24) is 24.9 Å². The van der Waals surface area contributed by atoms with E-state index in [0.29, 0.717) is 17.0 Å². The van der Waals surface area contributed by atoms with E-state index in [-0.39, 0.29) is 28.8 Å². The highest BCUT2D eigenvalue weighted by atomic mass is 16.2. The molecule has 0 radical (unpaired) electrons. The van der Waals surface area contributed by atoms with Crippen LogP contribution in [0.5, 0.6) is 0 Å². The molecule has 2 aliphatic carbocycles. The van der Waals surface area contributed by atoms with E-state index in [1.54, 1.807) is 0 Å². The minimum Gasteiger partial charge on any atom is -0.348 e. The van der Waals surface area contributed by atoms with Gasteiger partial charge in [0, 0.05) is 29.5 Å². The van der Waals surface area contributed by atoms with Crippen LogP contribution in [0.2, 0.25) is 0 Å². The van der Waals surface area contributed by atoms with E-state index in [1.165, 1.54) is 0 Å². The number of pyridine rings is 1. The summed E-state index contributed by atoms with van der Waals surface area (Å²) in [6, 6.07) is 13.7. The van der Waals surface area contributed by atoms with Gasteiger partial charge in [0.05, 0.1) is 16.6 Å². The van der Waals surface area contributed by atoms with Crippen LogP contribution in [0.15, 0.2) is 53.5 Å². The Morgan fingerprint density at radius 3 is 2.58 bits per heavy atom. The number of nitrogens with zero attached hydrogens (tertiary/aromatic N) is 3. The Labute approximate surface area is 191 Å². The number of carbonyl (C=O) groups is 1. The molecule has 7 nitrogen and oxygen atoms in total. The highest BCUT2D eigenvalue weighted by Gasteiger charge is 2.54. The summed E-state index contributed by atoms with van der Waals surface area (Å²) in [5.41, 5.74) is 2.50. The molecule has 1 spiro atoms. The Morgan fingerprint density at radius 1 is 1.09 bits per heavy atom. The predicted molar refractivity (Wildman–Crippen MR) is 127 cm³/mol. The number of aromatic nitrogens is 4. The average Bonchev–Trinajstić information content (AvgIpc) is 3.16. The summed E-state index contributed by atoms with van der Waals surface area (Å²) in [6.45, 7) is 4.18. The minimum absolute atomic E-state index is 0.0883. The Balaban J connectivity index is 1.13. The zero-order valence-corrected chi connectivity index (χ0v) is 18.8. The van der Waals surface area contributed by atoms with Crippen molar-refractivity contribution in [3.8, 4) is 0 Å². The summed E-state index contributed by atoms with van der Waals surface area (Å²) >= 11 is 0. The molecular formula is C26H27N5O2. The smallest absolute Gasteiger partial charge is 0.272 e. The van der Waals surface area contributed by atoms with E-state index < -0.39 is 0 Å². The summed E-state index contributed by atoms with van der Waals surface area (Å²) in [5, 5.41) is 11.9. The normalized spacial score (nSPS) is 24.2. The summed E-state index contributed by atoms with van der Waals surface area (Å²) in [6.07, 6.45) is 6.04. The molecular weight excluding hydrogens is 414 g/mol. The number of H-pyrrole nitrogens is 1. The van der Waals surface area contributed by atoms with Gasteiger partial charge in [0.1, 0.15) is 5.82 Å². The maximum absolute atomic E-state index is 13.0. The molecule has 2 aliphatic rings. The maximum Gasteiger partial charge on any atom is 0.272 e. The molecule has 0 unspecified atom stereocenters. The van der Waals surface area contributed by atoms with Crippen molar-refractivity contribution in [2.24, 2.45) is 5.41 Å². The van der Waals surface area contributed by atoms with Crippen LogP contribution >= 0.6 is 0 Å². The average molecular weight is 442 g/mol. The van der Waals surface area contributed by atoms with E-state index in [4.69, 9.17) is 0 Å². The number of imidazole rings is 1. The molecule has 1 aromatic carbocycles. The lowest BCUT2D eigenvalue weighted by Crippen LogP contribution is -2.55. The molecule has 33 heavy (non-hydrogen) atoms. The van der Waals surface area contributed by atoms with Crippen molar-refractivity contribution in [1.29, 1.82) is 0 Å². The number of carbonyl (C=O) groups excluding carboxylic acids is 1. The molecule has 1 amide bonds. The third-order valence-corrected chi connectivity index (χ3v) is 7.47. The van der Waals surface area contributed by atoms with E-state index in [1.807, 2.05) is 53.1 Å². The first-order valence-electron chi connectivity index (χ1n) is 11.7. The fraction of sp³-hybridized carbons (Fsp3) is 0.385. The van der Waals surface area contributed by atoms with Crippen LogP contribution in [0.3, 0.4) is 0 Å². The van der Waals surface area contributed by atoms with E-state index in [2.05, 4.69) is 34.3 Å². The first kappa shape index (κ1) is 20.1. The molecule has 6 rings (SSSR count). The highest BCUT2D eigenvalue weighted by Crippen LogP contribution is 2.62. The Kier molecular flexibility index (Phi) is 4.44. The van der Waals surface area contributed by atoms with E-state index in [9.17, 15) is 9.59 Å². The lowest BCUT2D eigenvalue weighted by atomic mass is 9.49. The van der Waals surface area contributed by atoms with Gasteiger partial charge in [0.15, 0.2) is 5.69 Å². The van der Waals surface area contributed by atoms with Crippen molar-refractivity contribution in [2.45, 2.75) is 57.4 Å². The number of nitrogens with one attached hydrogen (secondary N) is 2. The van der Waals surface area contributed by atoms with Gasteiger partial charge in [0.25, 0.3) is 11.5 Å². The van der Waals surface area contributed by atoms with E-state index >= 15 is 0 Å². The van der Waals surface area contributed by atoms with Gasteiger partial charge < -0.3 is 9.72 Å². The van der Waals surface area contributed by atoms with Crippen LogP contribution < -0.4 is 10.9 Å². The van der Waals surface area contributed by atoms with Gasteiger partial charge in [-0.15, -0.1) is 0 Å². The highest BCUT2D eigenvalue weighted by molar-refractivity contribution is 5.99. The van der Waals surface area contributed by atoms with Gasteiger partial charge >= 0.3 is 0 Å². The number of benzene rings is 1. The largest absolute Gasteiger partial charge is 0.348 e. The van der Waals surface area contributed by atoms with Crippen LogP contribution in [0.1, 0.15) is 73.4 Å². The number of amides is 1. The second kappa shape index (κ2) is 7.27. The fourth-order valence-electron chi connectivity index (χ4n) is 5.94. The summed E-state index contributed by atoms with van der Waals surface area (Å²) in [5.74, 6) is 1.41. The van der Waals surface area contributed by atoms with Crippen LogP contribution in [0.25, 0.3) is 16.3 Å². The van der Waals surface area contributed by atoms with Gasteiger partial charge in [-0.25, -0.2) is 10.1 Å². The molecule has 0 saturated heterocycles. The second-order valence-electron chi connectivity index (χ2n) is 10.1. The molecule has 168 valence electrons. The Morgan fingerprint density at radius 2 is 1.82 bits per heavy atom.